The van der Waals surface area contributed by atoms with E-state index in [0.717, 1.165) is 31.2 Å². The molecule has 25 heavy (non-hydrogen) atoms. The van der Waals surface area contributed by atoms with E-state index < -0.39 is 0 Å². The molecule has 1 aromatic carbocycles. The first kappa shape index (κ1) is 15.9. The van der Waals surface area contributed by atoms with Gasteiger partial charge in [-0.3, -0.25) is 4.79 Å². The Morgan fingerprint density at radius 1 is 1.24 bits per heavy atom. The molecule has 0 aliphatic carbocycles. The molecule has 6 heteroatoms. The van der Waals surface area contributed by atoms with Gasteiger partial charge in [-0.2, -0.15) is 5.10 Å². The van der Waals surface area contributed by atoms with Gasteiger partial charge in [0.2, 0.25) is 5.91 Å². The zero-order valence-corrected chi connectivity index (χ0v) is 14.9. The highest BCUT2D eigenvalue weighted by molar-refractivity contribution is 5.85. The Balaban J connectivity index is 1.36. The maximum atomic E-state index is 12.5. The number of likely N-dealkylation sites (tertiary alicyclic amines) is 1. The fraction of sp³-hybridized carbons (Fsp3) is 0.421. The van der Waals surface area contributed by atoms with Gasteiger partial charge in [0.05, 0.1) is 6.04 Å². The van der Waals surface area contributed by atoms with Crippen molar-refractivity contribution in [2.24, 2.45) is 7.05 Å². The summed E-state index contributed by atoms with van der Waals surface area (Å²) in [6, 6.07) is 8.61. The summed E-state index contributed by atoms with van der Waals surface area (Å²) in [5.41, 5.74) is 2.46. The van der Waals surface area contributed by atoms with Crippen molar-refractivity contribution in [3.05, 3.63) is 47.7 Å². The van der Waals surface area contributed by atoms with Crippen LogP contribution in [-0.4, -0.2) is 43.2 Å². The Hall–Kier alpha value is -2.63. The van der Waals surface area contributed by atoms with Crippen molar-refractivity contribution >= 4 is 16.8 Å². The van der Waals surface area contributed by atoms with Gasteiger partial charge in [-0.25, -0.2) is 9.67 Å². The summed E-state index contributed by atoms with van der Waals surface area (Å²) in [5, 5.41) is 5.66. The van der Waals surface area contributed by atoms with E-state index in [0.29, 0.717) is 6.42 Å². The van der Waals surface area contributed by atoms with Crippen molar-refractivity contribution in [1.29, 1.82) is 0 Å². The van der Waals surface area contributed by atoms with Crippen molar-refractivity contribution in [2.45, 2.75) is 32.7 Å². The van der Waals surface area contributed by atoms with Crippen molar-refractivity contribution in [1.82, 2.24) is 24.2 Å². The van der Waals surface area contributed by atoms with E-state index in [1.807, 2.05) is 29.5 Å². The largest absolute Gasteiger partial charge is 0.350 e. The Morgan fingerprint density at radius 3 is 2.72 bits per heavy atom. The predicted octanol–water partition coefficient (Wildman–Crippen LogP) is 2.40. The minimum absolute atomic E-state index is 0.221. The average Bonchev–Trinajstić information content (AvgIpc) is 3.04. The number of fused-ring (bicyclic) bond motifs is 1. The quantitative estimate of drug-likeness (QED) is 0.734. The summed E-state index contributed by atoms with van der Waals surface area (Å²) in [5.74, 6) is 1.93. The highest BCUT2D eigenvalue weighted by Crippen LogP contribution is 2.25. The normalized spacial score (nSPS) is 14.9. The number of para-hydroxylation sites is 1. The van der Waals surface area contributed by atoms with Gasteiger partial charge in [0.1, 0.15) is 11.6 Å². The molecule has 3 aromatic rings. The van der Waals surface area contributed by atoms with Crippen LogP contribution in [-0.2, 0) is 18.3 Å². The summed E-state index contributed by atoms with van der Waals surface area (Å²) in [6.07, 6.45) is 3.47. The molecule has 4 rings (SSSR count). The molecule has 1 aliphatic heterocycles. The monoisotopic (exact) mass is 337 g/mol. The zero-order valence-electron chi connectivity index (χ0n) is 14.9. The minimum atomic E-state index is 0.221. The highest BCUT2D eigenvalue weighted by atomic mass is 16.2. The van der Waals surface area contributed by atoms with Crippen molar-refractivity contribution < 1.29 is 4.79 Å². The number of aryl methyl sites for hydroxylation is 4. The molecule has 1 saturated heterocycles. The lowest BCUT2D eigenvalue weighted by Gasteiger charge is -2.39. The molecule has 0 saturated carbocycles. The molecule has 0 N–H and O–H groups in total. The number of carbonyl (C=O) groups excluding carboxylic acids is 1. The van der Waals surface area contributed by atoms with E-state index in [4.69, 9.17) is 0 Å². The summed E-state index contributed by atoms with van der Waals surface area (Å²) in [4.78, 5) is 18.7. The molecule has 0 atom stereocenters. The molecule has 3 heterocycles. The van der Waals surface area contributed by atoms with E-state index in [-0.39, 0.29) is 11.9 Å². The van der Waals surface area contributed by atoms with E-state index in [2.05, 4.69) is 46.1 Å². The van der Waals surface area contributed by atoms with Crippen LogP contribution in [0.25, 0.3) is 10.9 Å². The van der Waals surface area contributed by atoms with Gasteiger partial charge in [0, 0.05) is 43.7 Å². The number of hydrogen-bond acceptors (Lipinski definition) is 3. The second kappa shape index (κ2) is 6.02. The molecule has 1 amide bonds. The molecule has 1 fully saturated rings. The minimum Gasteiger partial charge on any atom is -0.350 e. The molecule has 0 radical (unpaired) electrons. The van der Waals surface area contributed by atoms with Gasteiger partial charge in [-0.05, 0) is 31.9 Å². The number of amides is 1. The lowest BCUT2D eigenvalue weighted by molar-refractivity contribution is -0.137. The molecule has 0 bridgehead atoms. The number of hydrogen-bond donors (Lipinski definition) is 0. The summed E-state index contributed by atoms with van der Waals surface area (Å²) < 4.78 is 4.08. The van der Waals surface area contributed by atoms with Crippen LogP contribution in [0.3, 0.4) is 0 Å². The van der Waals surface area contributed by atoms with Crippen LogP contribution in [0.4, 0.5) is 0 Å². The molecule has 6 nitrogen and oxygen atoms in total. The van der Waals surface area contributed by atoms with Crippen LogP contribution >= 0.6 is 0 Å². The molecule has 130 valence electrons. The van der Waals surface area contributed by atoms with Crippen LogP contribution in [0.5, 0.6) is 0 Å². The number of carbonyl (C=O) groups is 1. The van der Waals surface area contributed by atoms with Gasteiger partial charge in [0.15, 0.2) is 0 Å². The Labute approximate surface area is 147 Å². The summed E-state index contributed by atoms with van der Waals surface area (Å²) in [6.45, 7) is 5.33. The fourth-order valence-corrected chi connectivity index (χ4v) is 3.72. The standard InChI is InChI=1S/C19H23N5O/c1-13-20-14(2)24(21-13)16-11-23(12-16)19(25)9-8-15-10-22(3)18-7-5-4-6-17(15)18/h4-7,10,16H,8-9,11-12H2,1-3H3. The van der Waals surface area contributed by atoms with Crippen LogP contribution in [0.1, 0.15) is 29.7 Å². The van der Waals surface area contributed by atoms with Gasteiger partial charge in [0.25, 0.3) is 0 Å². The van der Waals surface area contributed by atoms with Crippen LogP contribution in [0.2, 0.25) is 0 Å². The molecule has 2 aromatic heterocycles. The highest BCUT2D eigenvalue weighted by Gasteiger charge is 2.33. The molecule has 0 spiro atoms. The predicted molar refractivity (Wildman–Crippen MR) is 96.4 cm³/mol. The van der Waals surface area contributed by atoms with E-state index in [9.17, 15) is 4.79 Å². The third-order valence-corrected chi connectivity index (χ3v) is 5.06. The lowest BCUT2D eigenvalue weighted by atomic mass is 10.1. The van der Waals surface area contributed by atoms with Gasteiger partial charge >= 0.3 is 0 Å². The molecular weight excluding hydrogens is 314 g/mol. The van der Waals surface area contributed by atoms with E-state index >= 15 is 0 Å². The van der Waals surface area contributed by atoms with Crippen molar-refractivity contribution in [2.75, 3.05) is 13.1 Å². The van der Waals surface area contributed by atoms with Crippen molar-refractivity contribution in [3.8, 4) is 0 Å². The van der Waals surface area contributed by atoms with E-state index in [1.165, 1.54) is 16.5 Å². The van der Waals surface area contributed by atoms with Gasteiger partial charge < -0.3 is 9.47 Å². The Kier molecular flexibility index (Phi) is 3.82. The lowest BCUT2D eigenvalue weighted by Crippen LogP contribution is -2.51. The SMILES string of the molecule is Cc1nc(C)n(C2CN(C(=O)CCc3cn(C)c4ccccc34)C2)n1. The van der Waals surface area contributed by atoms with Crippen LogP contribution < -0.4 is 0 Å². The Morgan fingerprint density at radius 2 is 2.00 bits per heavy atom. The number of nitrogens with zero attached hydrogens (tertiary/aromatic N) is 5. The topological polar surface area (TPSA) is 56.0 Å². The fourth-order valence-electron chi connectivity index (χ4n) is 3.72. The number of rotatable bonds is 4. The van der Waals surface area contributed by atoms with Crippen molar-refractivity contribution in [3.63, 3.8) is 0 Å². The second-order valence-corrected chi connectivity index (χ2v) is 6.89. The maximum Gasteiger partial charge on any atom is 0.223 e. The third kappa shape index (κ3) is 2.81. The van der Waals surface area contributed by atoms with E-state index in [1.54, 1.807) is 0 Å². The molecular formula is C19H23N5O. The Bertz CT molecular complexity index is 933. The molecule has 1 aliphatic rings. The van der Waals surface area contributed by atoms with Crippen LogP contribution in [0.15, 0.2) is 30.5 Å². The van der Waals surface area contributed by atoms with Gasteiger partial charge in [-0.15, -0.1) is 0 Å². The first-order valence-corrected chi connectivity index (χ1v) is 8.73. The molecule has 0 unspecified atom stereocenters. The number of benzene rings is 1. The van der Waals surface area contributed by atoms with Gasteiger partial charge in [-0.1, -0.05) is 18.2 Å². The average molecular weight is 337 g/mol. The maximum absolute atomic E-state index is 12.5. The first-order chi connectivity index (χ1) is 12.0. The zero-order chi connectivity index (χ0) is 17.6. The first-order valence-electron chi connectivity index (χ1n) is 8.73. The van der Waals surface area contributed by atoms with Crippen LogP contribution in [0, 0.1) is 13.8 Å². The summed E-state index contributed by atoms with van der Waals surface area (Å²) >= 11 is 0. The third-order valence-electron chi connectivity index (χ3n) is 5.06. The smallest absolute Gasteiger partial charge is 0.223 e. The number of aromatic nitrogens is 4. The second-order valence-electron chi connectivity index (χ2n) is 6.89. The summed E-state index contributed by atoms with van der Waals surface area (Å²) in [7, 11) is 2.05.